The van der Waals surface area contributed by atoms with Gasteiger partial charge in [0, 0.05) is 35.3 Å². The molecule has 2 aromatic heterocycles. The first-order chi connectivity index (χ1) is 16.8. The van der Waals surface area contributed by atoms with Crippen LogP contribution in [0.25, 0.3) is 33.2 Å². The smallest absolute Gasteiger partial charge is 0.196 e. The van der Waals surface area contributed by atoms with Crippen LogP contribution in [0, 0.1) is 31.0 Å². The van der Waals surface area contributed by atoms with Crippen molar-refractivity contribution in [3.63, 3.8) is 0 Å². The number of nitrogens with zero attached hydrogens (tertiary/aromatic N) is 3. The van der Waals surface area contributed by atoms with Crippen molar-refractivity contribution < 1.29 is 13.5 Å². The molecule has 5 rings (SSSR count). The summed E-state index contributed by atoms with van der Waals surface area (Å²) in [4.78, 5) is 13.4. The van der Waals surface area contributed by atoms with Crippen LogP contribution in [0.5, 0.6) is 5.75 Å². The molecule has 0 aliphatic heterocycles. The van der Waals surface area contributed by atoms with Gasteiger partial charge in [-0.1, -0.05) is 6.07 Å². The Balaban J connectivity index is 1.68. The Morgan fingerprint density at radius 1 is 1.17 bits per heavy atom. The zero-order chi connectivity index (χ0) is 24.9. The summed E-state index contributed by atoms with van der Waals surface area (Å²) in [5, 5.41) is 15.1. The summed E-state index contributed by atoms with van der Waals surface area (Å²) in [6.07, 6.45) is 1.29. The molecule has 0 fully saturated rings. The summed E-state index contributed by atoms with van der Waals surface area (Å²) in [5.74, 6) is -0.0538. The van der Waals surface area contributed by atoms with E-state index in [4.69, 9.17) is 9.15 Å². The van der Waals surface area contributed by atoms with Crippen LogP contribution in [0.3, 0.4) is 0 Å². The third-order valence-electron chi connectivity index (χ3n) is 6.10. The van der Waals surface area contributed by atoms with Gasteiger partial charge in [-0.2, -0.15) is 10.4 Å². The van der Waals surface area contributed by atoms with Crippen molar-refractivity contribution in [1.29, 1.82) is 5.26 Å². The summed E-state index contributed by atoms with van der Waals surface area (Å²) in [7, 11) is 1.85. The molecule has 0 amide bonds. The van der Waals surface area contributed by atoms with Gasteiger partial charge < -0.3 is 9.15 Å². The van der Waals surface area contributed by atoms with Gasteiger partial charge in [-0.05, 0) is 68.8 Å². The Labute approximate surface area is 200 Å². The van der Waals surface area contributed by atoms with E-state index >= 15 is 0 Å². The third kappa shape index (κ3) is 3.83. The fourth-order valence-corrected chi connectivity index (χ4v) is 4.40. The molecule has 6 nitrogen and oxygen atoms in total. The van der Waals surface area contributed by atoms with Crippen molar-refractivity contribution in [3.05, 3.63) is 93.0 Å². The molecular formula is C28H22FN3O3. The number of rotatable bonds is 4. The van der Waals surface area contributed by atoms with E-state index < -0.39 is 11.9 Å². The maximum Gasteiger partial charge on any atom is 0.196 e. The Hall–Kier alpha value is -4.44. The molecule has 0 saturated carbocycles. The fourth-order valence-electron chi connectivity index (χ4n) is 4.40. The number of nitriles is 1. The first-order valence-electron chi connectivity index (χ1n) is 11.1. The largest absolute Gasteiger partial charge is 0.484 e. The van der Waals surface area contributed by atoms with Gasteiger partial charge in [0.15, 0.2) is 5.43 Å². The minimum absolute atomic E-state index is 0.131. The molecule has 0 bridgehead atoms. The molecule has 0 N–H and O–H groups in total. The number of ether oxygens (including phenoxy) is 1. The third-order valence-corrected chi connectivity index (χ3v) is 6.10. The highest BCUT2D eigenvalue weighted by Gasteiger charge is 2.21. The van der Waals surface area contributed by atoms with Crippen molar-refractivity contribution in [2.75, 3.05) is 0 Å². The van der Waals surface area contributed by atoms with Crippen LogP contribution in [-0.2, 0) is 7.05 Å². The zero-order valence-electron chi connectivity index (χ0n) is 19.7. The normalized spacial score (nSPS) is 12.1. The molecule has 3 aromatic carbocycles. The molecule has 0 radical (unpaired) electrons. The average Bonchev–Trinajstić information content (AvgIpc) is 3.20. The Kier molecular flexibility index (Phi) is 5.37. The highest BCUT2D eigenvalue weighted by atomic mass is 19.1. The van der Waals surface area contributed by atoms with Crippen molar-refractivity contribution in [3.8, 4) is 23.1 Å². The van der Waals surface area contributed by atoms with Gasteiger partial charge in [0.25, 0.3) is 0 Å². The van der Waals surface area contributed by atoms with Crippen LogP contribution in [0.15, 0.2) is 63.9 Å². The topological polar surface area (TPSA) is 81.0 Å². The second-order valence-corrected chi connectivity index (χ2v) is 8.68. The van der Waals surface area contributed by atoms with Gasteiger partial charge in [-0.25, -0.2) is 4.39 Å². The van der Waals surface area contributed by atoms with E-state index in [1.54, 1.807) is 30.7 Å². The summed E-state index contributed by atoms with van der Waals surface area (Å²) >= 11 is 0. The standard InChI is InChI=1S/C28H22FN3O3/c1-15-10-20(17(3)34-25-7-5-6-23(29)22(25)13-30)28-21(11-15)26(33)16(2)27(35-28)18-8-9-24-19(12-18)14-32(4)31-24/h5-12,14,17H,1-4H3/t17-/m1/s1. The lowest BCUT2D eigenvalue weighted by molar-refractivity contribution is 0.225. The van der Waals surface area contributed by atoms with E-state index in [1.807, 2.05) is 50.5 Å². The van der Waals surface area contributed by atoms with Gasteiger partial charge in [0.05, 0.1) is 10.9 Å². The van der Waals surface area contributed by atoms with Gasteiger partial charge in [0.1, 0.15) is 40.6 Å². The molecule has 0 spiro atoms. The van der Waals surface area contributed by atoms with Gasteiger partial charge in [-0.15, -0.1) is 0 Å². The summed E-state index contributed by atoms with van der Waals surface area (Å²) in [6, 6.07) is 15.5. The van der Waals surface area contributed by atoms with Crippen molar-refractivity contribution in [2.24, 2.45) is 7.05 Å². The molecule has 0 aliphatic carbocycles. The first kappa shape index (κ1) is 22.4. The van der Waals surface area contributed by atoms with Gasteiger partial charge in [-0.3, -0.25) is 9.48 Å². The Bertz CT molecular complexity index is 1730. The van der Waals surface area contributed by atoms with E-state index in [-0.39, 0.29) is 16.7 Å². The first-order valence-corrected chi connectivity index (χ1v) is 11.1. The van der Waals surface area contributed by atoms with Crippen molar-refractivity contribution in [2.45, 2.75) is 26.9 Å². The van der Waals surface area contributed by atoms with Crippen LogP contribution >= 0.6 is 0 Å². The number of hydrogen-bond acceptors (Lipinski definition) is 5. The van der Waals surface area contributed by atoms with Gasteiger partial charge >= 0.3 is 0 Å². The minimum atomic E-state index is -0.651. The van der Waals surface area contributed by atoms with Crippen LogP contribution in [0.4, 0.5) is 4.39 Å². The van der Waals surface area contributed by atoms with E-state index in [0.29, 0.717) is 27.9 Å². The maximum absolute atomic E-state index is 14.1. The predicted octanol–water partition coefficient (Wildman–Crippen LogP) is 6.11. The average molecular weight is 468 g/mol. The van der Waals surface area contributed by atoms with E-state index in [2.05, 4.69) is 5.10 Å². The quantitative estimate of drug-likeness (QED) is 0.318. The monoisotopic (exact) mass is 467 g/mol. The number of fused-ring (bicyclic) bond motifs is 2. The second kappa shape index (κ2) is 8.41. The van der Waals surface area contributed by atoms with Gasteiger partial charge in [0.2, 0.25) is 0 Å². The molecule has 5 aromatic rings. The van der Waals surface area contributed by atoms with E-state index in [0.717, 1.165) is 22.0 Å². The molecule has 0 saturated heterocycles. The van der Waals surface area contributed by atoms with Crippen molar-refractivity contribution in [1.82, 2.24) is 9.78 Å². The minimum Gasteiger partial charge on any atom is -0.484 e. The highest BCUT2D eigenvalue weighted by Crippen LogP contribution is 2.34. The molecule has 0 aliphatic rings. The summed E-state index contributed by atoms with van der Waals surface area (Å²) < 4.78 is 28.2. The molecular weight excluding hydrogens is 445 g/mol. The second-order valence-electron chi connectivity index (χ2n) is 8.68. The highest BCUT2D eigenvalue weighted by molar-refractivity contribution is 5.87. The number of aryl methyl sites for hydroxylation is 2. The molecule has 174 valence electrons. The van der Waals surface area contributed by atoms with Crippen LogP contribution < -0.4 is 10.2 Å². The lowest BCUT2D eigenvalue weighted by Crippen LogP contribution is -2.11. The molecule has 0 unspecified atom stereocenters. The summed E-state index contributed by atoms with van der Waals surface area (Å²) in [5.41, 5.74) is 3.70. The Morgan fingerprint density at radius 3 is 2.74 bits per heavy atom. The molecule has 7 heteroatoms. The van der Waals surface area contributed by atoms with E-state index in [9.17, 15) is 14.4 Å². The number of halogens is 1. The number of aromatic nitrogens is 2. The van der Waals surface area contributed by atoms with Crippen molar-refractivity contribution >= 4 is 21.9 Å². The predicted molar refractivity (Wildman–Crippen MR) is 132 cm³/mol. The van der Waals surface area contributed by atoms with E-state index in [1.165, 1.54) is 12.1 Å². The molecule has 2 heterocycles. The SMILES string of the molecule is Cc1cc([C@@H](C)Oc2cccc(F)c2C#N)c2oc(-c3ccc4nn(C)cc4c3)c(C)c(=O)c2c1. The molecule has 35 heavy (non-hydrogen) atoms. The Morgan fingerprint density at radius 2 is 1.97 bits per heavy atom. The number of benzene rings is 3. The maximum atomic E-state index is 14.1. The lowest BCUT2D eigenvalue weighted by atomic mass is 9.99. The fraction of sp³-hybridized carbons (Fsp3) is 0.179. The lowest BCUT2D eigenvalue weighted by Gasteiger charge is -2.19. The summed E-state index contributed by atoms with van der Waals surface area (Å²) in [6.45, 7) is 5.42. The van der Waals surface area contributed by atoms with Crippen LogP contribution in [-0.4, -0.2) is 9.78 Å². The van der Waals surface area contributed by atoms with Crippen LogP contribution in [0.2, 0.25) is 0 Å². The zero-order valence-corrected chi connectivity index (χ0v) is 19.7. The van der Waals surface area contributed by atoms with Crippen LogP contribution in [0.1, 0.15) is 35.3 Å². The molecule has 1 atom stereocenters. The number of hydrogen-bond donors (Lipinski definition) is 0.